The zero-order valence-corrected chi connectivity index (χ0v) is 10.2. The number of esters is 1. The Kier molecular flexibility index (Phi) is 3.42. The lowest BCUT2D eigenvalue weighted by molar-refractivity contribution is 0.0733. The molecule has 0 unspecified atom stereocenters. The van der Waals surface area contributed by atoms with Crippen molar-refractivity contribution in [3.63, 3.8) is 0 Å². The highest BCUT2D eigenvalue weighted by Gasteiger charge is 2.10. The van der Waals surface area contributed by atoms with E-state index in [0.717, 1.165) is 17.2 Å². The van der Waals surface area contributed by atoms with E-state index < -0.39 is 11.8 Å². The maximum absolute atomic E-state index is 13.0. The molecule has 0 N–H and O–H groups in total. The van der Waals surface area contributed by atoms with E-state index in [0.29, 0.717) is 5.75 Å². The SMILES string of the molecule is Cc1ccc(C)c(OC(=O)c2cccc(F)c2)c1. The Balaban J connectivity index is 2.24. The summed E-state index contributed by atoms with van der Waals surface area (Å²) in [5.41, 5.74) is 2.07. The molecule has 2 nitrogen and oxygen atoms in total. The van der Waals surface area contributed by atoms with E-state index in [9.17, 15) is 9.18 Å². The molecule has 0 atom stereocenters. The van der Waals surface area contributed by atoms with Crippen LogP contribution in [0.1, 0.15) is 21.5 Å². The highest BCUT2D eigenvalue weighted by atomic mass is 19.1. The molecule has 0 aliphatic rings. The molecule has 0 saturated heterocycles. The van der Waals surface area contributed by atoms with Gasteiger partial charge in [0.05, 0.1) is 5.56 Å². The summed E-state index contributed by atoms with van der Waals surface area (Å²) < 4.78 is 18.3. The summed E-state index contributed by atoms with van der Waals surface area (Å²) in [5.74, 6) is -0.502. The van der Waals surface area contributed by atoms with Crippen molar-refractivity contribution in [1.82, 2.24) is 0 Å². The number of carbonyl (C=O) groups excluding carboxylic acids is 1. The molecule has 0 heterocycles. The predicted octanol–water partition coefficient (Wildman–Crippen LogP) is 3.66. The molecule has 0 aliphatic carbocycles. The van der Waals surface area contributed by atoms with E-state index >= 15 is 0 Å². The highest BCUT2D eigenvalue weighted by molar-refractivity contribution is 5.91. The molecule has 18 heavy (non-hydrogen) atoms. The Bertz CT molecular complexity index is 591. The number of halogens is 1. The van der Waals surface area contributed by atoms with Gasteiger partial charge in [0.25, 0.3) is 0 Å². The van der Waals surface area contributed by atoms with Crippen LogP contribution in [0.4, 0.5) is 4.39 Å². The third-order valence-electron chi connectivity index (χ3n) is 2.61. The fraction of sp³-hybridized carbons (Fsp3) is 0.133. The number of carbonyl (C=O) groups is 1. The van der Waals surface area contributed by atoms with Crippen LogP contribution >= 0.6 is 0 Å². The average molecular weight is 244 g/mol. The van der Waals surface area contributed by atoms with Crippen molar-refractivity contribution in [1.29, 1.82) is 0 Å². The number of ether oxygens (including phenoxy) is 1. The molecule has 0 radical (unpaired) electrons. The van der Waals surface area contributed by atoms with Gasteiger partial charge in [-0.05, 0) is 49.2 Å². The standard InChI is InChI=1S/C15H13FO2/c1-10-6-7-11(2)14(8-10)18-15(17)12-4-3-5-13(16)9-12/h3-9H,1-2H3. The zero-order chi connectivity index (χ0) is 13.1. The van der Waals surface area contributed by atoms with Gasteiger partial charge in [0.1, 0.15) is 11.6 Å². The maximum atomic E-state index is 13.0. The van der Waals surface area contributed by atoms with Crippen LogP contribution in [-0.4, -0.2) is 5.97 Å². The smallest absolute Gasteiger partial charge is 0.343 e. The highest BCUT2D eigenvalue weighted by Crippen LogP contribution is 2.20. The van der Waals surface area contributed by atoms with Gasteiger partial charge in [-0.1, -0.05) is 18.2 Å². The molecule has 0 fully saturated rings. The van der Waals surface area contributed by atoms with E-state index in [1.54, 1.807) is 6.07 Å². The first kappa shape index (κ1) is 12.3. The largest absolute Gasteiger partial charge is 0.423 e. The third-order valence-corrected chi connectivity index (χ3v) is 2.61. The molecule has 2 rings (SSSR count). The molecule has 0 aromatic heterocycles. The van der Waals surface area contributed by atoms with Gasteiger partial charge >= 0.3 is 5.97 Å². The minimum absolute atomic E-state index is 0.205. The number of aryl methyl sites for hydroxylation is 2. The van der Waals surface area contributed by atoms with Crippen molar-refractivity contribution in [3.05, 3.63) is 65.0 Å². The zero-order valence-electron chi connectivity index (χ0n) is 10.2. The second kappa shape index (κ2) is 5.00. The fourth-order valence-electron chi connectivity index (χ4n) is 1.59. The van der Waals surface area contributed by atoms with Gasteiger partial charge in [0, 0.05) is 0 Å². The summed E-state index contributed by atoms with van der Waals surface area (Å²) in [6.07, 6.45) is 0. The van der Waals surface area contributed by atoms with Crippen LogP contribution in [0.15, 0.2) is 42.5 Å². The number of hydrogen-bond acceptors (Lipinski definition) is 2. The molecule has 3 heteroatoms. The molecule has 0 bridgehead atoms. The first-order valence-corrected chi connectivity index (χ1v) is 5.61. The Morgan fingerprint density at radius 1 is 1.11 bits per heavy atom. The Morgan fingerprint density at radius 3 is 2.61 bits per heavy atom. The van der Waals surface area contributed by atoms with Gasteiger partial charge < -0.3 is 4.74 Å². The van der Waals surface area contributed by atoms with Crippen molar-refractivity contribution in [2.24, 2.45) is 0 Å². The van der Waals surface area contributed by atoms with E-state index in [-0.39, 0.29) is 5.56 Å². The van der Waals surface area contributed by atoms with Crippen molar-refractivity contribution in [3.8, 4) is 5.75 Å². The van der Waals surface area contributed by atoms with Gasteiger partial charge in [0.15, 0.2) is 0 Å². The molecule has 0 aliphatic heterocycles. The Morgan fingerprint density at radius 2 is 1.89 bits per heavy atom. The van der Waals surface area contributed by atoms with Crippen LogP contribution in [0.5, 0.6) is 5.75 Å². The first-order chi connectivity index (χ1) is 8.56. The minimum atomic E-state index is -0.553. The van der Waals surface area contributed by atoms with Crippen molar-refractivity contribution in [2.75, 3.05) is 0 Å². The lowest BCUT2D eigenvalue weighted by atomic mass is 10.1. The van der Waals surface area contributed by atoms with E-state index in [4.69, 9.17) is 4.74 Å². The fourth-order valence-corrected chi connectivity index (χ4v) is 1.59. The van der Waals surface area contributed by atoms with Crippen LogP contribution in [0, 0.1) is 19.7 Å². The number of hydrogen-bond donors (Lipinski definition) is 0. The molecular formula is C15H13FO2. The van der Waals surface area contributed by atoms with Gasteiger partial charge in [0.2, 0.25) is 0 Å². The molecule has 2 aromatic carbocycles. The topological polar surface area (TPSA) is 26.3 Å². The van der Waals surface area contributed by atoms with Crippen LogP contribution in [0.3, 0.4) is 0 Å². The molecule has 0 spiro atoms. The van der Waals surface area contributed by atoms with Crippen LogP contribution in [0.2, 0.25) is 0 Å². The summed E-state index contributed by atoms with van der Waals surface area (Å²) in [7, 11) is 0. The molecular weight excluding hydrogens is 231 g/mol. The van der Waals surface area contributed by atoms with Gasteiger partial charge in [-0.15, -0.1) is 0 Å². The summed E-state index contributed by atoms with van der Waals surface area (Å²) in [4.78, 5) is 11.8. The summed E-state index contributed by atoms with van der Waals surface area (Å²) in [5, 5.41) is 0. The van der Waals surface area contributed by atoms with Crippen LogP contribution < -0.4 is 4.74 Å². The molecule has 0 amide bonds. The molecule has 92 valence electrons. The lowest BCUT2D eigenvalue weighted by Crippen LogP contribution is -2.09. The Hall–Kier alpha value is -2.16. The van der Waals surface area contributed by atoms with Crippen molar-refractivity contribution >= 4 is 5.97 Å². The second-order valence-electron chi connectivity index (χ2n) is 4.17. The van der Waals surface area contributed by atoms with E-state index in [2.05, 4.69) is 0 Å². The average Bonchev–Trinajstić information content (AvgIpc) is 2.34. The summed E-state index contributed by atoms with van der Waals surface area (Å²) >= 11 is 0. The second-order valence-corrected chi connectivity index (χ2v) is 4.17. The van der Waals surface area contributed by atoms with Gasteiger partial charge in [-0.3, -0.25) is 0 Å². The van der Waals surface area contributed by atoms with E-state index in [1.165, 1.54) is 18.2 Å². The summed E-state index contributed by atoms with van der Waals surface area (Å²) in [6.45, 7) is 3.77. The van der Waals surface area contributed by atoms with Crippen molar-refractivity contribution in [2.45, 2.75) is 13.8 Å². The molecule has 0 saturated carbocycles. The van der Waals surface area contributed by atoms with Gasteiger partial charge in [-0.2, -0.15) is 0 Å². The van der Waals surface area contributed by atoms with E-state index in [1.807, 2.05) is 26.0 Å². The third kappa shape index (κ3) is 2.74. The number of rotatable bonds is 2. The normalized spacial score (nSPS) is 10.2. The van der Waals surface area contributed by atoms with Crippen LogP contribution in [0.25, 0.3) is 0 Å². The monoisotopic (exact) mass is 244 g/mol. The Labute approximate surface area is 105 Å². The lowest BCUT2D eigenvalue weighted by Gasteiger charge is -2.08. The first-order valence-electron chi connectivity index (χ1n) is 5.61. The maximum Gasteiger partial charge on any atom is 0.343 e. The van der Waals surface area contributed by atoms with Crippen molar-refractivity contribution < 1.29 is 13.9 Å². The number of benzene rings is 2. The van der Waals surface area contributed by atoms with Crippen LogP contribution in [-0.2, 0) is 0 Å². The van der Waals surface area contributed by atoms with Gasteiger partial charge in [-0.25, -0.2) is 9.18 Å². The quantitative estimate of drug-likeness (QED) is 0.595. The minimum Gasteiger partial charge on any atom is -0.423 e. The molecule has 2 aromatic rings. The predicted molar refractivity (Wildman–Crippen MR) is 67.3 cm³/mol. The summed E-state index contributed by atoms with van der Waals surface area (Å²) in [6, 6.07) is 11.1.